The number of aliphatic carboxylic acids is 1. The Bertz CT molecular complexity index is 588. The number of carboxylic acid groups (broad SMARTS) is 1. The maximum atomic E-state index is 12.1. The van der Waals surface area contributed by atoms with Gasteiger partial charge in [0.2, 0.25) is 10.0 Å². The summed E-state index contributed by atoms with van der Waals surface area (Å²) in [5.74, 6) is -1.45. The molecule has 19 heavy (non-hydrogen) atoms. The fourth-order valence-electron chi connectivity index (χ4n) is 1.27. The van der Waals surface area contributed by atoms with Gasteiger partial charge in [-0.15, -0.1) is 0 Å². The van der Waals surface area contributed by atoms with Crippen LogP contribution in [0.15, 0.2) is 32.0 Å². The summed E-state index contributed by atoms with van der Waals surface area (Å²) in [5.41, 5.74) is 0. The van der Waals surface area contributed by atoms with Crippen LogP contribution < -0.4 is 4.72 Å². The number of carbonyl (C=O) groups is 1. The number of rotatable bonds is 5. The average molecular weight is 417 g/mol. The van der Waals surface area contributed by atoms with E-state index in [1.165, 1.54) is 19.1 Å². The second-order valence-electron chi connectivity index (χ2n) is 3.75. The molecule has 0 bridgehead atoms. The van der Waals surface area contributed by atoms with E-state index in [1.54, 1.807) is 6.07 Å². The second-order valence-corrected chi connectivity index (χ2v) is 7.20. The molecule has 0 saturated heterocycles. The Morgan fingerprint density at radius 3 is 2.42 bits per heavy atom. The highest BCUT2D eigenvalue weighted by atomic mass is 79.9. The molecule has 1 rings (SSSR count). The van der Waals surface area contributed by atoms with E-state index in [-0.39, 0.29) is 9.37 Å². The number of hydrogen-bond acceptors (Lipinski definition) is 4. The molecule has 0 aliphatic heterocycles. The van der Waals surface area contributed by atoms with Crippen LogP contribution in [0, 0.1) is 0 Å². The Hall–Kier alpha value is -0.480. The predicted molar refractivity (Wildman–Crippen MR) is 75.3 cm³/mol. The van der Waals surface area contributed by atoms with Crippen LogP contribution in [-0.4, -0.2) is 36.7 Å². The minimum Gasteiger partial charge on any atom is -0.480 e. The van der Waals surface area contributed by atoms with Crippen molar-refractivity contribution in [1.82, 2.24) is 4.72 Å². The van der Waals surface area contributed by atoms with E-state index >= 15 is 0 Å². The molecule has 9 heteroatoms. The molecule has 0 spiro atoms. The van der Waals surface area contributed by atoms with Crippen molar-refractivity contribution in [1.29, 1.82) is 0 Å². The lowest BCUT2D eigenvalue weighted by molar-refractivity contribution is -0.141. The van der Waals surface area contributed by atoms with Gasteiger partial charge < -0.3 is 10.2 Å². The molecule has 1 aromatic carbocycles. The molecule has 0 saturated carbocycles. The average Bonchev–Trinajstić information content (AvgIpc) is 2.28. The third-order valence-electron chi connectivity index (χ3n) is 2.21. The van der Waals surface area contributed by atoms with Crippen molar-refractivity contribution in [3.63, 3.8) is 0 Å². The van der Waals surface area contributed by atoms with Gasteiger partial charge in [-0.25, -0.2) is 8.42 Å². The zero-order chi connectivity index (χ0) is 14.8. The minimum atomic E-state index is -4.07. The topological polar surface area (TPSA) is 104 Å². The van der Waals surface area contributed by atoms with Gasteiger partial charge in [-0.1, -0.05) is 15.9 Å². The normalized spacial score (nSPS) is 14.9. The third kappa shape index (κ3) is 4.25. The number of hydrogen-bond donors (Lipinski definition) is 3. The molecule has 0 fully saturated rings. The van der Waals surface area contributed by atoms with Gasteiger partial charge in [0.1, 0.15) is 6.04 Å². The summed E-state index contributed by atoms with van der Waals surface area (Å²) in [6.07, 6.45) is -1.36. The first kappa shape index (κ1) is 16.6. The Morgan fingerprint density at radius 2 is 1.95 bits per heavy atom. The van der Waals surface area contributed by atoms with E-state index in [0.717, 1.165) is 0 Å². The van der Waals surface area contributed by atoms with Gasteiger partial charge in [0.25, 0.3) is 0 Å². The maximum Gasteiger partial charge on any atom is 0.324 e. The first-order valence-corrected chi connectivity index (χ1v) is 8.10. The number of sulfonamides is 1. The van der Waals surface area contributed by atoms with Gasteiger partial charge in [-0.3, -0.25) is 4.79 Å². The lowest BCUT2D eigenvalue weighted by Gasteiger charge is -2.17. The molecule has 0 unspecified atom stereocenters. The fourth-order valence-corrected chi connectivity index (χ4v) is 4.03. The van der Waals surface area contributed by atoms with E-state index in [4.69, 9.17) is 5.11 Å². The van der Waals surface area contributed by atoms with Crippen molar-refractivity contribution in [3.8, 4) is 0 Å². The van der Waals surface area contributed by atoms with Crippen molar-refractivity contribution in [3.05, 3.63) is 27.1 Å². The van der Waals surface area contributed by atoms with Crippen LogP contribution in [-0.2, 0) is 14.8 Å². The molecule has 2 atom stereocenters. The summed E-state index contributed by atoms with van der Waals surface area (Å²) < 4.78 is 26.9. The molecule has 0 radical (unpaired) electrons. The molecule has 1 aromatic rings. The van der Waals surface area contributed by atoms with E-state index in [2.05, 4.69) is 31.9 Å². The summed E-state index contributed by atoms with van der Waals surface area (Å²) in [7, 11) is -4.07. The van der Waals surface area contributed by atoms with Crippen LogP contribution in [0.3, 0.4) is 0 Å². The van der Waals surface area contributed by atoms with Gasteiger partial charge in [-0.05, 0) is 41.1 Å². The van der Waals surface area contributed by atoms with Crippen molar-refractivity contribution in [2.24, 2.45) is 0 Å². The van der Waals surface area contributed by atoms with Crippen LogP contribution in [0.1, 0.15) is 6.92 Å². The van der Waals surface area contributed by atoms with Crippen molar-refractivity contribution in [2.45, 2.75) is 24.0 Å². The van der Waals surface area contributed by atoms with Crippen LogP contribution >= 0.6 is 31.9 Å². The van der Waals surface area contributed by atoms with Gasteiger partial charge in [0.15, 0.2) is 0 Å². The molecule has 106 valence electrons. The minimum absolute atomic E-state index is 0.117. The Morgan fingerprint density at radius 1 is 1.37 bits per heavy atom. The lowest BCUT2D eigenvalue weighted by Crippen LogP contribution is -2.47. The third-order valence-corrected chi connectivity index (χ3v) is 5.14. The monoisotopic (exact) mass is 415 g/mol. The van der Waals surface area contributed by atoms with Crippen molar-refractivity contribution in [2.75, 3.05) is 0 Å². The van der Waals surface area contributed by atoms with Crippen LogP contribution in [0.25, 0.3) is 0 Å². The van der Waals surface area contributed by atoms with Crippen molar-refractivity contribution < 1.29 is 23.4 Å². The standard InChI is InChI=1S/C10H11Br2NO5S/c1-5(14)9(10(15)16)13-19(17,18)8-4-6(11)2-3-7(8)12/h2-5,9,13-14H,1H3,(H,15,16)/t5-,9+/m1/s1. The zero-order valence-electron chi connectivity index (χ0n) is 9.67. The molecule has 3 N–H and O–H groups in total. The molecular formula is C10H11Br2NO5S. The zero-order valence-corrected chi connectivity index (χ0v) is 13.7. The number of halogens is 2. The Balaban J connectivity index is 3.17. The van der Waals surface area contributed by atoms with Gasteiger partial charge in [0, 0.05) is 8.95 Å². The van der Waals surface area contributed by atoms with E-state index < -0.39 is 28.1 Å². The van der Waals surface area contributed by atoms with Crippen LogP contribution in [0.5, 0.6) is 0 Å². The summed E-state index contributed by atoms with van der Waals surface area (Å²) in [6, 6.07) is 2.85. The number of aliphatic hydroxyl groups excluding tert-OH is 1. The van der Waals surface area contributed by atoms with Gasteiger partial charge in [0.05, 0.1) is 11.0 Å². The quantitative estimate of drug-likeness (QED) is 0.671. The largest absolute Gasteiger partial charge is 0.480 e. The molecule has 6 nitrogen and oxygen atoms in total. The van der Waals surface area contributed by atoms with E-state index in [1.807, 2.05) is 4.72 Å². The Kier molecular flexibility index (Phi) is 5.51. The smallest absolute Gasteiger partial charge is 0.324 e. The van der Waals surface area contributed by atoms with Crippen LogP contribution in [0.2, 0.25) is 0 Å². The first-order chi connectivity index (χ1) is 8.65. The highest BCUT2D eigenvalue weighted by Gasteiger charge is 2.30. The second kappa shape index (κ2) is 6.31. The van der Waals surface area contributed by atoms with Crippen molar-refractivity contribution >= 4 is 47.9 Å². The maximum absolute atomic E-state index is 12.1. The highest BCUT2D eigenvalue weighted by molar-refractivity contribution is 9.11. The number of carboxylic acids is 1. The SMILES string of the molecule is C[C@@H](O)[C@H](NS(=O)(=O)c1cc(Br)ccc1Br)C(=O)O. The summed E-state index contributed by atoms with van der Waals surface area (Å²) in [5, 5.41) is 18.2. The molecular weight excluding hydrogens is 406 g/mol. The summed E-state index contributed by atoms with van der Waals surface area (Å²) in [6.45, 7) is 1.19. The van der Waals surface area contributed by atoms with E-state index in [0.29, 0.717) is 4.47 Å². The van der Waals surface area contributed by atoms with Crippen LogP contribution in [0.4, 0.5) is 0 Å². The fraction of sp³-hybridized carbons (Fsp3) is 0.300. The molecule has 0 aliphatic rings. The molecule has 0 aromatic heterocycles. The van der Waals surface area contributed by atoms with E-state index in [9.17, 15) is 18.3 Å². The Labute approximate surface area is 127 Å². The number of benzene rings is 1. The lowest BCUT2D eigenvalue weighted by atomic mass is 10.2. The predicted octanol–water partition coefficient (Wildman–Crippen LogP) is 1.32. The highest BCUT2D eigenvalue weighted by Crippen LogP contribution is 2.25. The molecule has 0 aliphatic carbocycles. The molecule has 0 amide bonds. The first-order valence-electron chi connectivity index (χ1n) is 5.03. The number of nitrogens with one attached hydrogen (secondary N) is 1. The number of aliphatic hydroxyl groups is 1. The summed E-state index contributed by atoms with van der Waals surface area (Å²) >= 11 is 6.21. The molecule has 0 heterocycles. The van der Waals surface area contributed by atoms with Gasteiger partial charge >= 0.3 is 5.97 Å². The van der Waals surface area contributed by atoms with Gasteiger partial charge in [-0.2, -0.15) is 4.72 Å². The summed E-state index contributed by atoms with van der Waals surface area (Å²) in [4.78, 5) is 10.8.